The number of rotatable bonds is 8. The molecule has 0 atom stereocenters. The quantitative estimate of drug-likeness (QED) is 0.261. The molecular weight excluding hydrogens is 434 g/mol. The number of hydrogen-bond donors (Lipinski definition) is 0. The van der Waals surface area contributed by atoms with Crippen LogP contribution in [0.3, 0.4) is 0 Å². The number of para-hydroxylation sites is 1. The highest BCUT2D eigenvalue weighted by molar-refractivity contribution is 6.35. The highest BCUT2D eigenvalue weighted by atomic mass is 16.5. The number of benzene rings is 4. The number of carbonyl (C=O) groups excluding carboxylic acids is 1. The standard InChI is InChI=1S/C31H29NO3/c1-3-18-32-28-15-8-7-14-26(28)27(31(32)33)19-22-16-17-29(30(20-22)34-4-2)35-21-24-12-9-11-23-10-5-6-13-25(23)24/h5-17,19-20H,3-4,18,21H2,1-2H3/b27-19-. The number of hydrogen-bond acceptors (Lipinski definition) is 3. The lowest BCUT2D eigenvalue weighted by Crippen LogP contribution is -2.26. The van der Waals surface area contributed by atoms with Gasteiger partial charge in [-0.3, -0.25) is 4.79 Å². The second kappa shape index (κ2) is 10.1. The van der Waals surface area contributed by atoms with E-state index in [1.807, 2.05) is 72.5 Å². The summed E-state index contributed by atoms with van der Waals surface area (Å²) in [6.45, 7) is 5.72. The van der Waals surface area contributed by atoms with Gasteiger partial charge in [-0.2, -0.15) is 0 Å². The molecule has 35 heavy (non-hydrogen) atoms. The third kappa shape index (κ3) is 4.52. The molecule has 0 aliphatic carbocycles. The molecule has 176 valence electrons. The van der Waals surface area contributed by atoms with Crippen molar-refractivity contribution in [1.82, 2.24) is 0 Å². The van der Waals surface area contributed by atoms with Crippen LogP contribution < -0.4 is 14.4 Å². The Morgan fingerprint density at radius 3 is 2.49 bits per heavy atom. The second-order valence-electron chi connectivity index (χ2n) is 8.60. The molecule has 0 saturated heterocycles. The molecule has 4 aromatic carbocycles. The van der Waals surface area contributed by atoms with E-state index in [1.54, 1.807) is 0 Å². The Hall–Kier alpha value is -4.05. The summed E-state index contributed by atoms with van der Waals surface area (Å²) in [5.41, 5.74) is 4.69. The zero-order valence-corrected chi connectivity index (χ0v) is 20.2. The molecule has 1 aliphatic heterocycles. The van der Waals surface area contributed by atoms with E-state index in [2.05, 4.69) is 37.3 Å². The monoisotopic (exact) mass is 463 g/mol. The van der Waals surface area contributed by atoms with Crippen molar-refractivity contribution in [2.24, 2.45) is 0 Å². The average molecular weight is 464 g/mol. The van der Waals surface area contributed by atoms with Gasteiger partial charge in [-0.05, 0) is 59.5 Å². The molecule has 0 N–H and O–H groups in total. The van der Waals surface area contributed by atoms with Gasteiger partial charge < -0.3 is 14.4 Å². The van der Waals surface area contributed by atoms with E-state index in [9.17, 15) is 4.79 Å². The first-order chi connectivity index (χ1) is 17.2. The topological polar surface area (TPSA) is 38.8 Å². The van der Waals surface area contributed by atoms with E-state index in [0.717, 1.165) is 28.8 Å². The van der Waals surface area contributed by atoms with Crippen molar-refractivity contribution >= 4 is 34.0 Å². The molecular formula is C31H29NO3. The van der Waals surface area contributed by atoms with Gasteiger partial charge in [-0.25, -0.2) is 0 Å². The number of nitrogens with zero attached hydrogens (tertiary/aromatic N) is 1. The minimum absolute atomic E-state index is 0.0438. The number of carbonyl (C=O) groups is 1. The van der Waals surface area contributed by atoms with E-state index in [0.29, 0.717) is 36.8 Å². The fourth-order valence-electron chi connectivity index (χ4n) is 4.63. The Kier molecular flexibility index (Phi) is 6.53. The molecule has 4 heteroatoms. The van der Waals surface area contributed by atoms with Crippen LogP contribution in [0.1, 0.15) is 37.0 Å². The summed E-state index contributed by atoms with van der Waals surface area (Å²) in [6.07, 6.45) is 2.86. The minimum atomic E-state index is 0.0438. The van der Waals surface area contributed by atoms with Crippen LogP contribution in [0.4, 0.5) is 5.69 Å². The Morgan fingerprint density at radius 2 is 1.63 bits per heavy atom. The maximum atomic E-state index is 13.2. The fourth-order valence-corrected chi connectivity index (χ4v) is 4.63. The van der Waals surface area contributed by atoms with Gasteiger partial charge >= 0.3 is 0 Å². The first kappa shape index (κ1) is 22.7. The van der Waals surface area contributed by atoms with E-state index in [4.69, 9.17) is 9.47 Å². The van der Waals surface area contributed by atoms with Gasteiger partial charge in [0.2, 0.25) is 0 Å². The van der Waals surface area contributed by atoms with Crippen molar-refractivity contribution in [3.05, 3.63) is 102 Å². The predicted molar refractivity (Wildman–Crippen MR) is 143 cm³/mol. The lowest BCUT2D eigenvalue weighted by molar-refractivity contribution is -0.113. The first-order valence-electron chi connectivity index (χ1n) is 12.2. The van der Waals surface area contributed by atoms with Crippen molar-refractivity contribution in [1.29, 1.82) is 0 Å². The van der Waals surface area contributed by atoms with Crippen molar-refractivity contribution < 1.29 is 14.3 Å². The average Bonchev–Trinajstić information content (AvgIpc) is 3.15. The summed E-state index contributed by atoms with van der Waals surface area (Å²) < 4.78 is 12.1. The van der Waals surface area contributed by atoms with Gasteiger partial charge in [0.05, 0.1) is 12.3 Å². The Morgan fingerprint density at radius 1 is 0.829 bits per heavy atom. The molecule has 5 rings (SSSR count). The van der Waals surface area contributed by atoms with Crippen molar-refractivity contribution in [2.75, 3.05) is 18.1 Å². The molecule has 0 spiro atoms. The number of ether oxygens (including phenoxy) is 2. The van der Waals surface area contributed by atoms with Crippen LogP contribution in [-0.4, -0.2) is 19.1 Å². The highest BCUT2D eigenvalue weighted by Crippen LogP contribution is 2.39. The maximum absolute atomic E-state index is 13.2. The molecule has 0 aromatic heterocycles. The van der Waals surface area contributed by atoms with Gasteiger partial charge in [-0.15, -0.1) is 0 Å². The summed E-state index contributed by atoms with van der Waals surface area (Å²) in [5, 5.41) is 2.38. The lowest BCUT2D eigenvalue weighted by Gasteiger charge is -2.15. The maximum Gasteiger partial charge on any atom is 0.258 e. The summed E-state index contributed by atoms with van der Waals surface area (Å²) in [5.74, 6) is 1.40. The van der Waals surface area contributed by atoms with Gasteiger partial charge in [0, 0.05) is 17.7 Å². The highest BCUT2D eigenvalue weighted by Gasteiger charge is 2.31. The van der Waals surface area contributed by atoms with E-state index < -0.39 is 0 Å². The second-order valence-corrected chi connectivity index (χ2v) is 8.60. The third-order valence-corrected chi connectivity index (χ3v) is 6.25. The minimum Gasteiger partial charge on any atom is -0.490 e. The Bertz CT molecular complexity index is 1400. The first-order valence-corrected chi connectivity index (χ1v) is 12.2. The molecule has 1 heterocycles. The summed E-state index contributed by atoms with van der Waals surface area (Å²) in [6, 6.07) is 28.4. The van der Waals surface area contributed by atoms with Crippen LogP contribution in [0.15, 0.2) is 84.9 Å². The van der Waals surface area contributed by atoms with Gasteiger partial charge in [0.25, 0.3) is 5.91 Å². The number of fused-ring (bicyclic) bond motifs is 2. The third-order valence-electron chi connectivity index (χ3n) is 6.25. The smallest absolute Gasteiger partial charge is 0.258 e. The van der Waals surface area contributed by atoms with Gasteiger partial charge in [-0.1, -0.05) is 73.7 Å². The Labute approximate surface area is 206 Å². The van der Waals surface area contributed by atoms with Crippen LogP contribution in [0.5, 0.6) is 11.5 Å². The summed E-state index contributed by atoms with van der Waals surface area (Å²) >= 11 is 0. The van der Waals surface area contributed by atoms with Crippen LogP contribution in [-0.2, 0) is 11.4 Å². The summed E-state index contributed by atoms with van der Waals surface area (Å²) in [7, 11) is 0. The molecule has 0 unspecified atom stereocenters. The zero-order chi connectivity index (χ0) is 24.2. The van der Waals surface area contributed by atoms with Gasteiger partial charge in [0.1, 0.15) is 6.61 Å². The number of amides is 1. The van der Waals surface area contributed by atoms with Crippen LogP contribution in [0, 0.1) is 0 Å². The molecule has 4 aromatic rings. The molecule has 1 amide bonds. The summed E-state index contributed by atoms with van der Waals surface area (Å²) in [4.78, 5) is 15.1. The van der Waals surface area contributed by atoms with Crippen LogP contribution in [0.2, 0.25) is 0 Å². The normalized spacial score (nSPS) is 13.9. The molecule has 0 saturated carbocycles. The largest absolute Gasteiger partial charge is 0.490 e. The number of anilines is 1. The zero-order valence-electron chi connectivity index (χ0n) is 20.2. The molecule has 0 bridgehead atoms. The lowest BCUT2D eigenvalue weighted by atomic mass is 10.0. The Balaban J connectivity index is 1.44. The van der Waals surface area contributed by atoms with Crippen LogP contribution >= 0.6 is 0 Å². The van der Waals surface area contributed by atoms with Crippen molar-refractivity contribution in [3.63, 3.8) is 0 Å². The SMILES string of the molecule is CCCN1C(=O)/C(=C\c2ccc(OCc3cccc4ccccc34)c(OCC)c2)c2ccccc21. The molecule has 4 nitrogen and oxygen atoms in total. The predicted octanol–water partition coefficient (Wildman–Crippen LogP) is 7.11. The molecule has 0 fully saturated rings. The molecule has 0 radical (unpaired) electrons. The van der Waals surface area contributed by atoms with E-state index in [1.165, 1.54) is 10.8 Å². The van der Waals surface area contributed by atoms with E-state index >= 15 is 0 Å². The van der Waals surface area contributed by atoms with Crippen molar-refractivity contribution in [2.45, 2.75) is 26.9 Å². The van der Waals surface area contributed by atoms with Crippen LogP contribution in [0.25, 0.3) is 22.4 Å². The molecule has 1 aliphatic rings. The van der Waals surface area contributed by atoms with Crippen molar-refractivity contribution in [3.8, 4) is 11.5 Å². The fraction of sp³-hybridized carbons (Fsp3) is 0.194. The van der Waals surface area contributed by atoms with Gasteiger partial charge in [0.15, 0.2) is 11.5 Å². The van der Waals surface area contributed by atoms with E-state index in [-0.39, 0.29) is 5.91 Å².